The van der Waals surface area contributed by atoms with Crippen molar-refractivity contribution >= 4 is 38.6 Å². The Kier molecular flexibility index (Phi) is 5.40. The Hall–Kier alpha value is -0.850. The molecule has 0 saturated carbocycles. The van der Waals surface area contributed by atoms with Gasteiger partial charge < -0.3 is 10.5 Å². The number of ether oxygens (including phenoxy) is 1. The quantitative estimate of drug-likeness (QED) is 0.837. The highest BCUT2D eigenvalue weighted by Crippen LogP contribution is 2.26. The fraction of sp³-hybridized carbons (Fsp3) is 0.462. The van der Waals surface area contributed by atoms with Crippen LogP contribution in [0.2, 0.25) is 5.02 Å². The van der Waals surface area contributed by atoms with Crippen molar-refractivity contribution in [1.29, 1.82) is 0 Å². The second kappa shape index (κ2) is 6.28. The van der Waals surface area contributed by atoms with E-state index >= 15 is 0 Å². The summed E-state index contributed by atoms with van der Waals surface area (Å²) in [4.78, 5) is 0.244. The monoisotopic (exact) mass is 335 g/mol. The van der Waals surface area contributed by atoms with Crippen molar-refractivity contribution in [2.75, 3.05) is 12.4 Å². The molecule has 0 radical (unpaired) electrons. The molecular formula is C13H18ClNO3S2. The van der Waals surface area contributed by atoms with Crippen LogP contribution in [0.15, 0.2) is 18.2 Å². The number of sulfone groups is 1. The first-order chi connectivity index (χ1) is 9.04. The molecule has 0 fully saturated rings. The molecule has 0 aliphatic rings. The third-order valence-corrected chi connectivity index (χ3v) is 5.86. The van der Waals surface area contributed by atoms with E-state index in [9.17, 15) is 8.42 Å². The van der Waals surface area contributed by atoms with Gasteiger partial charge in [0.05, 0.1) is 15.5 Å². The highest BCUT2D eigenvalue weighted by molar-refractivity contribution is 7.92. The number of nitrogens with two attached hydrogens (primary N) is 1. The fourth-order valence-corrected chi connectivity index (χ4v) is 2.62. The van der Waals surface area contributed by atoms with Crippen LogP contribution in [0.1, 0.15) is 26.3 Å². The minimum atomic E-state index is -3.21. The van der Waals surface area contributed by atoms with Crippen LogP contribution in [0.5, 0.6) is 5.75 Å². The molecule has 1 aromatic rings. The largest absolute Gasteiger partial charge is 0.491 e. The lowest BCUT2D eigenvalue weighted by molar-refractivity contribution is 0.340. The molecule has 112 valence electrons. The van der Waals surface area contributed by atoms with Crippen molar-refractivity contribution in [3.63, 3.8) is 0 Å². The first-order valence-electron chi connectivity index (χ1n) is 5.99. The van der Waals surface area contributed by atoms with Gasteiger partial charge >= 0.3 is 0 Å². The van der Waals surface area contributed by atoms with E-state index < -0.39 is 14.6 Å². The van der Waals surface area contributed by atoms with Crippen LogP contribution in [-0.4, -0.2) is 30.5 Å². The van der Waals surface area contributed by atoms with E-state index in [4.69, 9.17) is 34.3 Å². The first kappa shape index (κ1) is 17.2. The molecule has 7 heteroatoms. The van der Waals surface area contributed by atoms with Crippen LogP contribution in [0.25, 0.3) is 0 Å². The van der Waals surface area contributed by atoms with Crippen molar-refractivity contribution in [1.82, 2.24) is 0 Å². The minimum absolute atomic E-state index is 0.0474. The predicted molar refractivity (Wildman–Crippen MR) is 86.4 cm³/mol. The number of halogens is 1. The van der Waals surface area contributed by atoms with Gasteiger partial charge in [0, 0.05) is 5.56 Å². The van der Waals surface area contributed by atoms with Gasteiger partial charge in [0.15, 0.2) is 9.84 Å². The van der Waals surface area contributed by atoms with Crippen molar-refractivity contribution < 1.29 is 13.2 Å². The van der Waals surface area contributed by atoms with Gasteiger partial charge in [0.25, 0.3) is 0 Å². The van der Waals surface area contributed by atoms with Crippen LogP contribution in [0.3, 0.4) is 0 Å². The Balaban J connectivity index is 2.71. The summed E-state index contributed by atoms with van der Waals surface area (Å²) in [6.07, 6.45) is 0. The number of thiocarbonyl (C=S) groups is 1. The van der Waals surface area contributed by atoms with Crippen LogP contribution in [0, 0.1) is 0 Å². The Morgan fingerprint density at radius 3 is 2.45 bits per heavy atom. The van der Waals surface area contributed by atoms with Crippen LogP contribution >= 0.6 is 23.8 Å². The molecule has 0 spiro atoms. The third kappa shape index (κ3) is 4.33. The minimum Gasteiger partial charge on any atom is -0.491 e. The summed E-state index contributed by atoms with van der Waals surface area (Å²) in [5, 5.41) is 0.350. The molecule has 4 nitrogen and oxygen atoms in total. The molecular weight excluding hydrogens is 318 g/mol. The summed E-state index contributed by atoms with van der Waals surface area (Å²) >= 11 is 10.9. The molecule has 2 N–H and O–H groups in total. The molecule has 20 heavy (non-hydrogen) atoms. The van der Waals surface area contributed by atoms with Crippen LogP contribution in [-0.2, 0) is 9.84 Å². The summed E-state index contributed by atoms with van der Waals surface area (Å²) in [6, 6.07) is 4.90. The lowest BCUT2D eigenvalue weighted by Gasteiger charge is -2.19. The molecule has 0 heterocycles. The summed E-state index contributed by atoms with van der Waals surface area (Å²) in [5.41, 5.74) is 6.13. The average Bonchev–Trinajstić information content (AvgIpc) is 2.29. The second-order valence-corrected chi connectivity index (χ2v) is 9.00. The summed E-state index contributed by atoms with van der Waals surface area (Å²) < 4.78 is 28.5. The van der Waals surface area contributed by atoms with Gasteiger partial charge in [-0.1, -0.05) is 23.8 Å². The molecule has 0 unspecified atom stereocenters. The molecule has 0 aromatic heterocycles. The summed E-state index contributed by atoms with van der Waals surface area (Å²) in [5.74, 6) is 0.347. The zero-order chi connectivity index (χ0) is 15.6. The fourth-order valence-electron chi connectivity index (χ4n) is 1.34. The average molecular weight is 336 g/mol. The van der Waals surface area contributed by atoms with Gasteiger partial charge in [0.2, 0.25) is 0 Å². The van der Waals surface area contributed by atoms with Gasteiger partial charge in [-0.25, -0.2) is 8.42 Å². The van der Waals surface area contributed by atoms with E-state index in [1.54, 1.807) is 39.0 Å². The summed E-state index contributed by atoms with van der Waals surface area (Å²) in [7, 11) is -3.21. The van der Waals surface area contributed by atoms with E-state index in [1.165, 1.54) is 0 Å². The van der Waals surface area contributed by atoms with Crippen LogP contribution < -0.4 is 10.5 Å². The molecule has 0 atom stereocenters. The Morgan fingerprint density at radius 1 is 1.40 bits per heavy atom. The van der Waals surface area contributed by atoms with Crippen molar-refractivity contribution in [2.45, 2.75) is 25.5 Å². The molecule has 0 aliphatic carbocycles. The molecule has 1 rings (SSSR count). The molecule has 0 aliphatic heterocycles. The third-order valence-electron chi connectivity index (χ3n) is 2.76. The SMILES string of the molecule is CC(C)(C)S(=O)(=O)CCOc1ccc(C(N)=S)cc1Cl. The van der Waals surface area contributed by atoms with Gasteiger partial charge in [-0.3, -0.25) is 0 Å². The lowest BCUT2D eigenvalue weighted by atomic mass is 10.2. The smallest absolute Gasteiger partial charge is 0.158 e. The van der Waals surface area contributed by atoms with E-state index in [2.05, 4.69) is 0 Å². The van der Waals surface area contributed by atoms with Gasteiger partial charge in [-0.05, 0) is 39.0 Å². The van der Waals surface area contributed by atoms with E-state index in [0.717, 1.165) is 0 Å². The van der Waals surface area contributed by atoms with Crippen molar-refractivity contribution in [2.24, 2.45) is 5.73 Å². The predicted octanol–water partition coefficient (Wildman–Crippen LogP) is 2.57. The van der Waals surface area contributed by atoms with E-state index in [0.29, 0.717) is 16.3 Å². The highest BCUT2D eigenvalue weighted by atomic mass is 35.5. The molecule has 0 saturated heterocycles. The zero-order valence-corrected chi connectivity index (χ0v) is 14.0. The number of rotatable bonds is 5. The topological polar surface area (TPSA) is 69.4 Å². The Morgan fingerprint density at radius 2 is 2.00 bits per heavy atom. The Bertz CT molecular complexity index is 607. The van der Waals surface area contributed by atoms with Gasteiger partial charge in [0.1, 0.15) is 17.3 Å². The first-order valence-corrected chi connectivity index (χ1v) is 8.43. The normalized spacial score (nSPS) is 12.2. The molecule has 1 aromatic carbocycles. The second-order valence-electron chi connectivity index (χ2n) is 5.29. The number of hydrogen-bond donors (Lipinski definition) is 1. The maximum absolute atomic E-state index is 11.9. The van der Waals surface area contributed by atoms with Gasteiger partial charge in [-0.15, -0.1) is 0 Å². The maximum atomic E-state index is 11.9. The van der Waals surface area contributed by atoms with Crippen molar-refractivity contribution in [3.8, 4) is 5.75 Å². The van der Waals surface area contributed by atoms with E-state index in [1.807, 2.05) is 0 Å². The van der Waals surface area contributed by atoms with Gasteiger partial charge in [-0.2, -0.15) is 0 Å². The van der Waals surface area contributed by atoms with Crippen molar-refractivity contribution in [3.05, 3.63) is 28.8 Å². The lowest BCUT2D eigenvalue weighted by Crippen LogP contribution is -2.32. The highest BCUT2D eigenvalue weighted by Gasteiger charge is 2.28. The molecule has 0 bridgehead atoms. The van der Waals surface area contributed by atoms with E-state index in [-0.39, 0.29) is 17.3 Å². The zero-order valence-electron chi connectivity index (χ0n) is 11.6. The number of hydrogen-bond acceptors (Lipinski definition) is 4. The summed E-state index contributed by atoms with van der Waals surface area (Å²) in [6.45, 7) is 5.02. The molecule has 0 amide bonds. The van der Waals surface area contributed by atoms with Crippen LogP contribution in [0.4, 0.5) is 0 Å². The standard InChI is InChI=1S/C13H18ClNO3S2/c1-13(2,3)20(16,17)7-6-18-11-5-4-9(12(15)19)8-10(11)14/h4-5,8H,6-7H2,1-3H3,(H2,15,19). The maximum Gasteiger partial charge on any atom is 0.158 e. The number of benzene rings is 1. The Labute approximate surface area is 130 Å².